The highest BCUT2D eigenvalue weighted by Gasteiger charge is 2.34. The molecule has 2 nitrogen and oxygen atoms in total. The lowest BCUT2D eigenvalue weighted by atomic mass is 10.1. The van der Waals surface area contributed by atoms with Gasteiger partial charge in [-0.15, -0.1) is 0 Å². The number of piperazine rings is 1. The summed E-state index contributed by atoms with van der Waals surface area (Å²) in [5.41, 5.74) is 0. The van der Waals surface area contributed by atoms with Crippen molar-refractivity contribution in [2.45, 2.75) is 39.3 Å². The van der Waals surface area contributed by atoms with Gasteiger partial charge in [0.15, 0.2) is 0 Å². The molecular weight excluding hydrogens is 160 g/mol. The molecule has 0 spiro atoms. The number of hydrogen-bond acceptors (Lipinski definition) is 2. The molecule has 2 heteroatoms. The summed E-state index contributed by atoms with van der Waals surface area (Å²) in [5, 5.41) is 0. The van der Waals surface area contributed by atoms with Gasteiger partial charge in [0.05, 0.1) is 0 Å². The molecule has 0 aromatic heterocycles. The van der Waals surface area contributed by atoms with Gasteiger partial charge in [-0.05, 0) is 26.2 Å². The van der Waals surface area contributed by atoms with Gasteiger partial charge >= 0.3 is 0 Å². The molecule has 0 aromatic rings. The monoisotopic (exact) mass is 182 g/mol. The summed E-state index contributed by atoms with van der Waals surface area (Å²) in [6.07, 6.45) is 1.42. The molecular formula is C11H22N2. The summed E-state index contributed by atoms with van der Waals surface area (Å²) in [7, 11) is 0. The van der Waals surface area contributed by atoms with E-state index in [0.717, 1.165) is 18.0 Å². The fraction of sp³-hybridized carbons (Fsp3) is 1.00. The first kappa shape index (κ1) is 9.47. The van der Waals surface area contributed by atoms with Crippen LogP contribution >= 0.6 is 0 Å². The van der Waals surface area contributed by atoms with Gasteiger partial charge in [0.2, 0.25) is 0 Å². The van der Waals surface area contributed by atoms with E-state index in [4.69, 9.17) is 0 Å². The average Bonchev–Trinajstić information content (AvgIpc) is 2.42. The lowest BCUT2D eigenvalue weighted by Gasteiger charge is -2.39. The van der Waals surface area contributed by atoms with E-state index in [1.165, 1.54) is 32.6 Å². The zero-order valence-corrected chi connectivity index (χ0v) is 9.16. The van der Waals surface area contributed by atoms with Crippen molar-refractivity contribution in [3.8, 4) is 0 Å². The molecule has 0 radical (unpaired) electrons. The first-order valence-electron chi connectivity index (χ1n) is 5.65. The van der Waals surface area contributed by atoms with E-state index in [1.807, 2.05) is 0 Å². The highest BCUT2D eigenvalue weighted by atomic mass is 15.3. The molecule has 0 aromatic carbocycles. The maximum atomic E-state index is 2.68. The molecule has 0 N–H and O–H groups in total. The SMILES string of the molecule is CC(C)N1CCN2C[C@H](C)C[C@H]2C1. The standard InChI is InChI=1S/C11H22N2/c1-9(2)12-4-5-13-7-10(3)6-11(13)8-12/h9-11H,4-8H2,1-3H3/t10-,11+/m1/s1. The Hall–Kier alpha value is -0.0800. The third-order valence-corrected chi connectivity index (χ3v) is 3.59. The molecule has 2 fully saturated rings. The van der Waals surface area contributed by atoms with E-state index >= 15 is 0 Å². The Labute approximate surface area is 81.9 Å². The maximum Gasteiger partial charge on any atom is 0.0226 e. The first-order chi connectivity index (χ1) is 6.16. The fourth-order valence-corrected chi connectivity index (χ4v) is 2.79. The topological polar surface area (TPSA) is 6.48 Å². The van der Waals surface area contributed by atoms with Crippen LogP contribution in [0.25, 0.3) is 0 Å². The highest BCUT2D eigenvalue weighted by molar-refractivity contribution is 4.90. The molecule has 2 saturated heterocycles. The molecule has 0 unspecified atom stereocenters. The van der Waals surface area contributed by atoms with Crippen molar-refractivity contribution in [1.29, 1.82) is 0 Å². The zero-order chi connectivity index (χ0) is 9.42. The second kappa shape index (κ2) is 3.58. The molecule has 0 bridgehead atoms. The van der Waals surface area contributed by atoms with Crippen molar-refractivity contribution in [2.24, 2.45) is 5.92 Å². The Morgan fingerprint density at radius 1 is 1.15 bits per heavy atom. The van der Waals surface area contributed by atoms with E-state index in [1.54, 1.807) is 0 Å². The van der Waals surface area contributed by atoms with E-state index in [2.05, 4.69) is 30.6 Å². The minimum absolute atomic E-state index is 0.734. The van der Waals surface area contributed by atoms with E-state index in [-0.39, 0.29) is 0 Å². The molecule has 76 valence electrons. The molecule has 13 heavy (non-hydrogen) atoms. The van der Waals surface area contributed by atoms with Crippen LogP contribution in [-0.2, 0) is 0 Å². The van der Waals surface area contributed by atoms with Crippen LogP contribution in [0.3, 0.4) is 0 Å². The molecule has 0 saturated carbocycles. The van der Waals surface area contributed by atoms with Crippen molar-refractivity contribution < 1.29 is 0 Å². The third-order valence-electron chi connectivity index (χ3n) is 3.59. The quantitative estimate of drug-likeness (QED) is 0.605. The normalized spacial score (nSPS) is 36.9. The van der Waals surface area contributed by atoms with Gasteiger partial charge in [-0.25, -0.2) is 0 Å². The first-order valence-corrected chi connectivity index (χ1v) is 5.65. The fourth-order valence-electron chi connectivity index (χ4n) is 2.79. The van der Waals surface area contributed by atoms with Crippen LogP contribution in [0, 0.1) is 5.92 Å². The Kier molecular flexibility index (Phi) is 2.61. The zero-order valence-electron chi connectivity index (χ0n) is 9.16. The minimum Gasteiger partial charge on any atom is -0.298 e. The van der Waals surface area contributed by atoms with Crippen LogP contribution in [0.4, 0.5) is 0 Å². The molecule has 2 aliphatic heterocycles. The van der Waals surface area contributed by atoms with Crippen LogP contribution in [0.1, 0.15) is 27.2 Å². The summed E-state index contributed by atoms with van der Waals surface area (Å²) in [6, 6.07) is 1.60. The van der Waals surface area contributed by atoms with E-state index in [9.17, 15) is 0 Å². The Balaban J connectivity index is 1.93. The van der Waals surface area contributed by atoms with Crippen LogP contribution in [-0.4, -0.2) is 48.1 Å². The van der Waals surface area contributed by atoms with Gasteiger partial charge in [0, 0.05) is 38.3 Å². The minimum atomic E-state index is 0.734. The van der Waals surface area contributed by atoms with Gasteiger partial charge in [-0.3, -0.25) is 9.80 Å². The summed E-state index contributed by atoms with van der Waals surface area (Å²) in [4.78, 5) is 5.31. The maximum absolute atomic E-state index is 2.68. The van der Waals surface area contributed by atoms with Crippen molar-refractivity contribution in [3.63, 3.8) is 0 Å². The Bertz CT molecular complexity index is 179. The smallest absolute Gasteiger partial charge is 0.0226 e. The predicted octanol–water partition coefficient (Wildman–Crippen LogP) is 1.42. The molecule has 2 aliphatic rings. The predicted molar refractivity (Wildman–Crippen MR) is 55.9 cm³/mol. The van der Waals surface area contributed by atoms with Gasteiger partial charge in [0.25, 0.3) is 0 Å². The van der Waals surface area contributed by atoms with Crippen LogP contribution < -0.4 is 0 Å². The lowest BCUT2D eigenvalue weighted by Crippen LogP contribution is -2.52. The molecule has 2 atom stereocenters. The Morgan fingerprint density at radius 3 is 2.62 bits per heavy atom. The average molecular weight is 182 g/mol. The molecule has 0 amide bonds. The third kappa shape index (κ3) is 1.89. The number of fused-ring (bicyclic) bond motifs is 1. The van der Waals surface area contributed by atoms with E-state index < -0.39 is 0 Å². The number of rotatable bonds is 1. The van der Waals surface area contributed by atoms with Crippen molar-refractivity contribution in [2.75, 3.05) is 26.2 Å². The summed E-state index contributed by atoms with van der Waals surface area (Å²) in [5.74, 6) is 0.928. The van der Waals surface area contributed by atoms with Gasteiger partial charge in [0.1, 0.15) is 0 Å². The summed E-state index contributed by atoms with van der Waals surface area (Å²) < 4.78 is 0. The van der Waals surface area contributed by atoms with Crippen molar-refractivity contribution >= 4 is 0 Å². The molecule has 0 aliphatic carbocycles. The van der Waals surface area contributed by atoms with Gasteiger partial charge in [-0.1, -0.05) is 6.92 Å². The Morgan fingerprint density at radius 2 is 1.92 bits per heavy atom. The second-order valence-electron chi connectivity index (χ2n) is 5.08. The van der Waals surface area contributed by atoms with Crippen LogP contribution in [0.5, 0.6) is 0 Å². The second-order valence-corrected chi connectivity index (χ2v) is 5.08. The number of hydrogen-bond donors (Lipinski definition) is 0. The molecule has 2 rings (SSSR count). The van der Waals surface area contributed by atoms with Crippen molar-refractivity contribution in [3.05, 3.63) is 0 Å². The molecule has 2 heterocycles. The summed E-state index contributed by atoms with van der Waals surface area (Å²) in [6.45, 7) is 12.2. The van der Waals surface area contributed by atoms with Crippen LogP contribution in [0.15, 0.2) is 0 Å². The van der Waals surface area contributed by atoms with Crippen molar-refractivity contribution in [1.82, 2.24) is 9.80 Å². The lowest BCUT2D eigenvalue weighted by molar-refractivity contribution is 0.0825. The van der Waals surface area contributed by atoms with Crippen LogP contribution in [0.2, 0.25) is 0 Å². The number of nitrogens with zero attached hydrogens (tertiary/aromatic N) is 2. The highest BCUT2D eigenvalue weighted by Crippen LogP contribution is 2.26. The van der Waals surface area contributed by atoms with Gasteiger partial charge in [-0.2, -0.15) is 0 Å². The largest absolute Gasteiger partial charge is 0.298 e. The summed E-state index contributed by atoms with van der Waals surface area (Å²) >= 11 is 0. The van der Waals surface area contributed by atoms with E-state index in [0.29, 0.717) is 0 Å². The van der Waals surface area contributed by atoms with Gasteiger partial charge < -0.3 is 0 Å².